The van der Waals surface area contributed by atoms with Gasteiger partial charge in [-0.2, -0.15) is 9.90 Å². The molecule has 4 heterocycles. The number of rotatable bonds is 5. The van der Waals surface area contributed by atoms with E-state index >= 15 is 0 Å². The maximum absolute atomic E-state index is 13.1. The molecule has 4 aromatic rings. The third-order valence-corrected chi connectivity index (χ3v) is 6.30. The number of carbonyl (C=O) groups is 1. The van der Waals surface area contributed by atoms with E-state index in [2.05, 4.69) is 36.4 Å². The van der Waals surface area contributed by atoms with Crippen LogP contribution in [0.25, 0.3) is 11.4 Å². The Bertz CT molecular complexity index is 1200. The monoisotopic (exact) mass is 482 g/mol. The zero-order valence-corrected chi connectivity index (χ0v) is 18.0. The molecule has 0 radical (unpaired) electrons. The van der Waals surface area contributed by atoms with E-state index in [1.54, 1.807) is 17.6 Å². The van der Waals surface area contributed by atoms with Crippen LogP contribution in [0.5, 0.6) is 0 Å². The second-order valence-electron chi connectivity index (χ2n) is 6.62. The molecule has 1 amide bonds. The molecular weight excluding hydrogens is 468 g/mol. The molecule has 0 unspecified atom stereocenters. The predicted molar refractivity (Wildman–Crippen MR) is 115 cm³/mol. The van der Waals surface area contributed by atoms with Crippen molar-refractivity contribution < 1.29 is 9.21 Å². The van der Waals surface area contributed by atoms with Crippen LogP contribution in [0.15, 0.2) is 74.2 Å². The van der Waals surface area contributed by atoms with Crippen molar-refractivity contribution in [3.8, 4) is 11.4 Å². The number of carbonyl (C=O) groups excluding carboxylic acids is 1. The normalized spacial score (nSPS) is 16.1. The van der Waals surface area contributed by atoms with Gasteiger partial charge in [-0.05, 0) is 40.9 Å². The van der Waals surface area contributed by atoms with E-state index in [-0.39, 0.29) is 18.5 Å². The molecule has 0 bridgehead atoms. The van der Waals surface area contributed by atoms with Gasteiger partial charge in [-0.3, -0.25) is 4.79 Å². The molecule has 1 aliphatic heterocycles. The van der Waals surface area contributed by atoms with Crippen LogP contribution in [0.2, 0.25) is 0 Å². The Morgan fingerprint density at radius 1 is 1.20 bits per heavy atom. The number of aromatic nitrogens is 4. The molecule has 1 aromatic carbocycles. The Labute approximate surface area is 183 Å². The summed E-state index contributed by atoms with van der Waals surface area (Å²) >= 11 is 5.08. The molecule has 30 heavy (non-hydrogen) atoms. The lowest BCUT2D eigenvalue weighted by Gasteiger charge is -2.19. The third kappa shape index (κ3) is 3.59. The number of hydrazone groups is 1. The van der Waals surface area contributed by atoms with Crippen molar-refractivity contribution in [2.75, 3.05) is 0 Å². The summed E-state index contributed by atoms with van der Waals surface area (Å²) in [7, 11) is 0. The number of furan rings is 1. The SMILES string of the molecule is O=C(Cn1nnc(-c2ccccc2Br)n1)N1N=C(c2cccs2)C[C@@H]1c1ccco1. The molecule has 0 fully saturated rings. The van der Waals surface area contributed by atoms with Crippen LogP contribution in [0.3, 0.4) is 0 Å². The van der Waals surface area contributed by atoms with Gasteiger partial charge in [0.25, 0.3) is 5.91 Å². The minimum Gasteiger partial charge on any atom is -0.467 e. The number of hydrogen-bond donors (Lipinski definition) is 0. The fourth-order valence-corrected chi connectivity index (χ4v) is 4.47. The Hall–Kier alpha value is -3.11. The minimum absolute atomic E-state index is 0.0735. The standard InChI is InChI=1S/C20H15BrN6O2S/c21-14-6-2-1-5-13(14)20-22-25-26(24-20)12-19(28)27-16(17-7-3-9-29-17)11-15(23-27)18-8-4-10-30-18/h1-10,16H,11-12H2/t16-/m1/s1. The molecule has 0 saturated carbocycles. The van der Waals surface area contributed by atoms with Gasteiger partial charge in [0, 0.05) is 16.5 Å². The number of nitrogens with zero attached hydrogens (tertiary/aromatic N) is 6. The summed E-state index contributed by atoms with van der Waals surface area (Å²) in [5.74, 6) is 0.903. The summed E-state index contributed by atoms with van der Waals surface area (Å²) in [5.41, 5.74) is 1.67. The Morgan fingerprint density at radius 2 is 2.10 bits per heavy atom. The third-order valence-electron chi connectivity index (χ3n) is 4.69. The van der Waals surface area contributed by atoms with Gasteiger partial charge < -0.3 is 4.42 Å². The summed E-state index contributed by atoms with van der Waals surface area (Å²) in [5, 5.41) is 20.5. The number of thiophene rings is 1. The van der Waals surface area contributed by atoms with Crippen LogP contribution in [0.1, 0.15) is 23.1 Å². The lowest BCUT2D eigenvalue weighted by Crippen LogP contribution is -2.31. The van der Waals surface area contributed by atoms with E-state index in [0.29, 0.717) is 18.0 Å². The van der Waals surface area contributed by atoms with Crippen molar-refractivity contribution in [3.05, 3.63) is 75.3 Å². The molecule has 3 aromatic heterocycles. The zero-order valence-electron chi connectivity index (χ0n) is 15.6. The van der Waals surface area contributed by atoms with E-state index in [0.717, 1.165) is 20.6 Å². The molecule has 150 valence electrons. The highest BCUT2D eigenvalue weighted by Crippen LogP contribution is 2.34. The summed E-state index contributed by atoms with van der Waals surface area (Å²) in [6.07, 6.45) is 2.19. The van der Waals surface area contributed by atoms with Gasteiger partial charge in [0.2, 0.25) is 5.82 Å². The number of amides is 1. The van der Waals surface area contributed by atoms with Crippen LogP contribution in [0, 0.1) is 0 Å². The Kier molecular flexibility index (Phi) is 5.01. The summed E-state index contributed by atoms with van der Waals surface area (Å²) < 4.78 is 6.43. The zero-order chi connectivity index (χ0) is 20.5. The van der Waals surface area contributed by atoms with E-state index < -0.39 is 0 Å². The average Bonchev–Trinajstić information content (AvgIpc) is 3.54. The van der Waals surface area contributed by atoms with E-state index in [1.807, 2.05) is 53.9 Å². The van der Waals surface area contributed by atoms with E-state index in [1.165, 1.54) is 9.81 Å². The molecule has 0 aliphatic carbocycles. The quantitative estimate of drug-likeness (QED) is 0.426. The molecule has 0 saturated heterocycles. The minimum atomic E-state index is -0.296. The topological polar surface area (TPSA) is 89.4 Å². The van der Waals surface area contributed by atoms with Crippen molar-refractivity contribution in [3.63, 3.8) is 0 Å². The second-order valence-corrected chi connectivity index (χ2v) is 8.42. The van der Waals surface area contributed by atoms with Gasteiger partial charge in [-0.25, -0.2) is 5.01 Å². The average molecular weight is 483 g/mol. The molecular formula is C20H15BrN6O2S. The number of hydrogen-bond acceptors (Lipinski definition) is 7. The molecule has 8 nitrogen and oxygen atoms in total. The highest BCUT2D eigenvalue weighted by atomic mass is 79.9. The summed E-state index contributed by atoms with van der Waals surface area (Å²) in [4.78, 5) is 15.4. The van der Waals surface area contributed by atoms with Crippen molar-refractivity contribution in [2.45, 2.75) is 19.0 Å². The van der Waals surface area contributed by atoms with Gasteiger partial charge in [0.1, 0.15) is 18.3 Å². The first-order valence-corrected chi connectivity index (χ1v) is 10.9. The van der Waals surface area contributed by atoms with Crippen LogP contribution in [0.4, 0.5) is 0 Å². The van der Waals surface area contributed by atoms with Gasteiger partial charge in [-0.1, -0.05) is 34.1 Å². The Balaban J connectivity index is 1.39. The predicted octanol–water partition coefficient (Wildman–Crippen LogP) is 4.14. The van der Waals surface area contributed by atoms with Crippen LogP contribution in [-0.4, -0.2) is 36.8 Å². The maximum atomic E-state index is 13.1. The molecule has 5 rings (SSSR count). The van der Waals surface area contributed by atoms with Gasteiger partial charge in [0.15, 0.2) is 0 Å². The van der Waals surface area contributed by atoms with Gasteiger partial charge in [0.05, 0.1) is 16.9 Å². The van der Waals surface area contributed by atoms with Gasteiger partial charge in [-0.15, -0.1) is 21.5 Å². The first-order valence-electron chi connectivity index (χ1n) is 9.18. The van der Waals surface area contributed by atoms with Crippen molar-refractivity contribution in [2.24, 2.45) is 5.10 Å². The highest BCUT2D eigenvalue weighted by molar-refractivity contribution is 9.10. The number of halogens is 1. The van der Waals surface area contributed by atoms with E-state index in [9.17, 15) is 4.79 Å². The lowest BCUT2D eigenvalue weighted by molar-refractivity contribution is -0.134. The highest BCUT2D eigenvalue weighted by Gasteiger charge is 2.35. The van der Waals surface area contributed by atoms with Gasteiger partial charge >= 0.3 is 0 Å². The van der Waals surface area contributed by atoms with Crippen molar-refractivity contribution in [1.82, 2.24) is 25.2 Å². The number of tetrazole rings is 1. The van der Waals surface area contributed by atoms with Crippen molar-refractivity contribution in [1.29, 1.82) is 0 Å². The maximum Gasteiger partial charge on any atom is 0.267 e. The number of benzene rings is 1. The molecule has 1 aliphatic rings. The largest absolute Gasteiger partial charge is 0.467 e. The van der Waals surface area contributed by atoms with Crippen LogP contribution >= 0.6 is 27.3 Å². The van der Waals surface area contributed by atoms with Crippen molar-refractivity contribution >= 4 is 38.9 Å². The fraction of sp³-hybridized carbons (Fsp3) is 0.150. The molecule has 1 atom stereocenters. The Morgan fingerprint density at radius 3 is 2.87 bits per heavy atom. The van der Waals surface area contributed by atoms with E-state index in [4.69, 9.17) is 4.42 Å². The second kappa shape index (κ2) is 7.96. The summed E-state index contributed by atoms with van der Waals surface area (Å²) in [6.45, 7) is -0.0735. The molecule has 10 heteroatoms. The summed E-state index contributed by atoms with van der Waals surface area (Å²) in [6, 6.07) is 14.9. The fourth-order valence-electron chi connectivity index (χ4n) is 3.29. The first-order chi connectivity index (χ1) is 14.7. The van der Waals surface area contributed by atoms with Crippen LogP contribution < -0.4 is 0 Å². The molecule has 0 spiro atoms. The smallest absolute Gasteiger partial charge is 0.267 e. The van der Waals surface area contributed by atoms with Crippen LogP contribution in [-0.2, 0) is 11.3 Å². The lowest BCUT2D eigenvalue weighted by atomic mass is 10.1. The molecule has 0 N–H and O–H groups in total. The first kappa shape index (κ1) is 18.9.